The predicted molar refractivity (Wildman–Crippen MR) is 79.3 cm³/mol. The van der Waals surface area contributed by atoms with Gasteiger partial charge < -0.3 is 10.0 Å². The van der Waals surface area contributed by atoms with E-state index >= 15 is 0 Å². The van der Waals surface area contributed by atoms with Crippen LogP contribution < -0.4 is 0 Å². The van der Waals surface area contributed by atoms with Crippen molar-refractivity contribution in [3.8, 4) is 0 Å². The van der Waals surface area contributed by atoms with E-state index in [1.54, 1.807) is 0 Å². The lowest BCUT2D eigenvalue weighted by atomic mass is 9.94. The Morgan fingerprint density at radius 3 is 2.10 bits per heavy atom. The van der Waals surface area contributed by atoms with Crippen molar-refractivity contribution in [3.05, 3.63) is 0 Å². The van der Waals surface area contributed by atoms with Gasteiger partial charge in [-0.2, -0.15) is 0 Å². The zero-order chi connectivity index (χ0) is 15.4. The average Bonchev–Trinajstić information content (AvgIpc) is 2.78. The Morgan fingerprint density at radius 1 is 1.15 bits per heavy atom. The fourth-order valence-corrected chi connectivity index (χ4v) is 3.18. The van der Waals surface area contributed by atoms with Crippen LogP contribution >= 0.6 is 0 Å². The maximum Gasteiger partial charge on any atom is 0.307 e. The van der Waals surface area contributed by atoms with E-state index in [0.717, 1.165) is 12.8 Å². The molecule has 1 aliphatic rings. The van der Waals surface area contributed by atoms with E-state index in [2.05, 4.69) is 20.8 Å². The molecule has 0 spiro atoms. The highest BCUT2D eigenvalue weighted by molar-refractivity contribution is 5.85. The van der Waals surface area contributed by atoms with E-state index in [-0.39, 0.29) is 17.9 Å². The molecule has 0 aliphatic heterocycles. The average molecular weight is 283 g/mol. The Kier molecular flexibility index (Phi) is 6.03. The molecular weight excluding hydrogens is 254 g/mol. The molecule has 1 rings (SSSR count). The molecule has 1 amide bonds. The lowest BCUT2D eigenvalue weighted by Crippen LogP contribution is -2.44. The smallest absolute Gasteiger partial charge is 0.307 e. The molecule has 1 fully saturated rings. The van der Waals surface area contributed by atoms with Crippen molar-refractivity contribution in [3.63, 3.8) is 0 Å². The Morgan fingerprint density at radius 2 is 1.70 bits per heavy atom. The molecule has 1 saturated carbocycles. The van der Waals surface area contributed by atoms with Gasteiger partial charge in [-0.05, 0) is 38.5 Å². The fraction of sp³-hybridized carbons (Fsp3) is 0.875. The number of carboxylic acids is 1. The standard InChI is InChI=1S/C16H29NO3/c1-6-12-7-13(14(8-12)16(19)20)15(18)17(11(4)5)9-10(2)3/h10-14H,6-9H2,1-5H3,(H,19,20). The first-order chi connectivity index (χ1) is 9.27. The summed E-state index contributed by atoms with van der Waals surface area (Å²) in [5.74, 6) is -0.838. The highest BCUT2D eigenvalue weighted by atomic mass is 16.4. The summed E-state index contributed by atoms with van der Waals surface area (Å²) in [6.45, 7) is 11.0. The van der Waals surface area contributed by atoms with E-state index in [9.17, 15) is 14.7 Å². The van der Waals surface area contributed by atoms with Crippen LogP contribution in [0.5, 0.6) is 0 Å². The third-order valence-corrected chi connectivity index (χ3v) is 4.34. The molecule has 1 N–H and O–H groups in total. The molecule has 3 atom stereocenters. The molecule has 4 nitrogen and oxygen atoms in total. The minimum atomic E-state index is -0.812. The molecule has 0 bridgehead atoms. The first-order valence-corrected chi connectivity index (χ1v) is 7.81. The second kappa shape index (κ2) is 7.09. The van der Waals surface area contributed by atoms with Crippen molar-refractivity contribution in [1.82, 2.24) is 4.90 Å². The summed E-state index contributed by atoms with van der Waals surface area (Å²) in [6.07, 6.45) is 2.34. The topological polar surface area (TPSA) is 57.6 Å². The number of carbonyl (C=O) groups is 2. The third kappa shape index (κ3) is 3.97. The van der Waals surface area contributed by atoms with Crippen molar-refractivity contribution in [1.29, 1.82) is 0 Å². The highest BCUT2D eigenvalue weighted by Gasteiger charge is 2.43. The number of aliphatic carboxylic acids is 1. The molecule has 0 aromatic heterocycles. The number of hydrogen-bond donors (Lipinski definition) is 1. The van der Waals surface area contributed by atoms with Crippen molar-refractivity contribution in [2.75, 3.05) is 6.54 Å². The first kappa shape index (κ1) is 17.0. The number of hydrogen-bond acceptors (Lipinski definition) is 2. The number of rotatable bonds is 6. The van der Waals surface area contributed by atoms with Crippen LogP contribution in [0.25, 0.3) is 0 Å². The van der Waals surface area contributed by atoms with Crippen molar-refractivity contribution in [2.45, 2.75) is 59.9 Å². The summed E-state index contributed by atoms with van der Waals surface area (Å²) in [7, 11) is 0. The minimum absolute atomic E-state index is 0.0389. The van der Waals surface area contributed by atoms with Gasteiger partial charge in [0.15, 0.2) is 0 Å². The molecule has 4 heteroatoms. The second-order valence-electron chi connectivity index (χ2n) is 6.78. The van der Waals surface area contributed by atoms with E-state index in [4.69, 9.17) is 0 Å². The van der Waals surface area contributed by atoms with E-state index in [1.807, 2.05) is 18.7 Å². The summed E-state index contributed by atoms with van der Waals surface area (Å²) in [6, 6.07) is 0.125. The van der Waals surface area contributed by atoms with Gasteiger partial charge in [0.05, 0.1) is 11.8 Å². The summed E-state index contributed by atoms with van der Waals surface area (Å²) < 4.78 is 0. The first-order valence-electron chi connectivity index (χ1n) is 7.81. The highest BCUT2D eigenvalue weighted by Crippen LogP contribution is 2.39. The zero-order valence-corrected chi connectivity index (χ0v) is 13.4. The Labute approximate surface area is 122 Å². The van der Waals surface area contributed by atoms with E-state index in [1.165, 1.54) is 0 Å². The van der Waals surface area contributed by atoms with Gasteiger partial charge in [0.1, 0.15) is 0 Å². The summed E-state index contributed by atoms with van der Waals surface area (Å²) in [5.41, 5.74) is 0. The van der Waals surface area contributed by atoms with Gasteiger partial charge in [-0.25, -0.2) is 0 Å². The molecule has 0 radical (unpaired) electrons. The molecular formula is C16H29NO3. The normalized spacial score (nSPS) is 26.2. The zero-order valence-electron chi connectivity index (χ0n) is 13.4. The molecule has 0 heterocycles. The monoisotopic (exact) mass is 283 g/mol. The van der Waals surface area contributed by atoms with Crippen LogP contribution in [0.3, 0.4) is 0 Å². The SMILES string of the molecule is CCC1CC(C(=O)O)C(C(=O)N(CC(C)C)C(C)C)C1. The number of amides is 1. The van der Waals surface area contributed by atoms with E-state index in [0.29, 0.717) is 24.8 Å². The predicted octanol–water partition coefficient (Wildman–Crippen LogP) is 3.02. The Balaban J connectivity index is 2.88. The summed E-state index contributed by atoms with van der Waals surface area (Å²) in [4.78, 5) is 26.0. The van der Waals surface area contributed by atoms with Gasteiger partial charge in [0.25, 0.3) is 0 Å². The number of carboxylic acid groups (broad SMARTS) is 1. The molecule has 3 unspecified atom stereocenters. The fourth-order valence-electron chi connectivity index (χ4n) is 3.18. The summed E-state index contributed by atoms with van der Waals surface area (Å²) in [5, 5.41) is 9.38. The van der Waals surface area contributed by atoms with Crippen LogP contribution in [-0.4, -0.2) is 34.5 Å². The quantitative estimate of drug-likeness (QED) is 0.815. The van der Waals surface area contributed by atoms with Crippen LogP contribution in [0.2, 0.25) is 0 Å². The van der Waals surface area contributed by atoms with Crippen molar-refractivity contribution >= 4 is 11.9 Å². The molecule has 1 aliphatic carbocycles. The van der Waals surface area contributed by atoms with Crippen molar-refractivity contribution < 1.29 is 14.7 Å². The Hall–Kier alpha value is -1.06. The maximum atomic E-state index is 12.8. The van der Waals surface area contributed by atoms with Crippen molar-refractivity contribution in [2.24, 2.45) is 23.7 Å². The van der Waals surface area contributed by atoms with Crippen LogP contribution in [0.4, 0.5) is 0 Å². The van der Waals surface area contributed by atoms with E-state index < -0.39 is 11.9 Å². The summed E-state index contributed by atoms with van der Waals surface area (Å²) >= 11 is 0. The van der Waals surface area contributed by atoms with Crippen LogP contribution in [-0.2, 0) is 9.59 Å². The molecule has 0 aromatic rings. The molecule has 0 saturated heterocycles. The Bertz CT molecular complexity index is 352. The van der Waals surface area contributed by atoms with Gasteiger partial charge in [0.2, 0.25) is 5.91 Å². The van der Waals surface area contributed by atoms with Crippen LogP contribution in [0.1, 0.15) is 53.9 Å². The number of nitrogens with zero attached hydrogens (tertiary/aromatic N) is 1. The third-order valence-electron chi connectivity index (χ3n) is 4.34. The van der Waals surface area contributed by atoms with Crippen LogP contribution in [0.15, 0.2) is 0 Å². The largest absolute Gasteiger partial charge is 0.481 e. The lowest BCUT2D eigenvalue weighted by Gasteiger charge is -2.32. The van der Waals surface area contributed by atoms with Gasteiger partial charge in [-0.1, -0.05) is 27.2 Å². The molecule has 116 valence electrons. The maximum absolute atomic E-state index is 12.8. The van der Waals surface area contributed by atoms with Crippen LogP contribution in [0, 0.1) is 23.7 Å². The minimum Gasteiger partial charge on any atom is -0.481 e. The number of carbonyl (C=O) groups excluding carboxylic acids is 1. The van der Waals surface area contributed by atoms with Gasteiger partial charge in [-0.15, -0.1) is 0 Å². The van der Waals surface area contributed by atoms with Gasteiger partial charge in [0, 0.05) is 12.6 Å². The van der Waals surface area contributed by atoms with Gasteiger partial charge >= 0.3 is 5.97 Å². The lowest BCUT2D eigenvalue weighted by molar-refractivity contribution is -0.150. The second-order valence-corrected chi connectivity index (χ2v) is 6.78. The molecule has 20 heavy (non-hydrogen) atoms. The molecule has 0 aromatic carbocycles. The van der Waals surface area contributed by atoms with Gasteiger partial charge in [-0.3, -0.25) is 9.59 Å².